The first kappa shape index (κ1) is 22.1. The lowest BCUT2D eigenvalue weighted by Gasteiger charge is -2.29. The van der Waals surface area contributed by atoms with E-state index in [0.29, 0.717) is 22.4 Å². The molecule has 166 valence electrons. The van der Waals surface area contributed by atoms with Crippen LogP contribution in [0.5, 0.6) is 11.6 Å². The minimum Gasteiger partial charge on any atom is -0.497 e. The van der Waals surface area contributed by atoms with Gasteiger partial charge in [0.2, 0.25) is 23.2 Å². The molecular formula is C24H26N4O3S. The number of amides is 1. The number of carbonyl (C=O) groups excluding carboxylic acids is 1. The number of hydrogen-bond acceptors (Lipinski definition) is 7. The molecule has 0 saturated heterocycles. The van der Waals surface area contributed by atoms with Crippen LogP contribution in [0.4, 0.5) is 5.69 Å². The molecule has 0 saturated carbocycles. The molecule has 8 heteroatoms. The van der Waals surface area contributed by atoms with Gasteiger partial charge in [-0.2, -0.15) is 4.98 Å². The van der Waals surface area contributed by atoms with E-state index in [1.54, 1.807) is 23.8 Å². The number of carbonyl (C=O) groups is 1. The Hall–Kier alpha value is -3.13. The molecule has 32 heavy (non-hydrogen) atoms. The molecule has 1 aliphatic rings. The fourth-order valence-electron chi connectivity index (χ4n) is 3.61. The molecular weight excluding hydrogens is 424 g/mol. The monoisotopic (exact) mass is 450 g/mol. The van der Waals surface area contributed by atoms with Gasteiger partial charge in [0.15, 0.2) is 5.69 Å². The molecule has 2 aromatic carbocycles. The number of aromatic nitrogens is 3. The first-order valence-corrected chi connectivity index (χ1v) is 11.7. The van der Waals surface area contributed by atoms with E-state index in [2.05, 4.69) is 22.1 Å². The number of nitrogens with zero attached hydrogens (tertiary/aromatic N) is 4. The van der Waals surface area contributed by atoms with Crippen LogP contribution in [0.15, 0.2) is 53.7 Å². The first-order valence-electron chi connectivity index (χ1n) is 10.7. The van der Waals surface area contributed by atoms with Gasteiger partial charge in [-0.05, 0) is 36.8 Å². The quantitative estimate of drug-likeness (QED) is 0.358. The molecule has 0 radical (unpaired) electrons. The second kappa shape index (κ2) is 9.99. The van der Waals surface area contributed by atoms with Crippen molar-refractivity contribution >= 4 is 23.4 Å². The fourth-order valence-corrected chi connectivity index (χ4v) is 4.39. The Balaban J connectivity index is 1.78. The number of anilines is 1. The van der Waals surface area contributed by atoms with Crippen molar-refractivity contribution < 1.29 is 14.3 Å². The summed E-state index contributed by atoms with van der Waals surface area (Å²) < 4.78 is 11.7. The van der Waals surface area contributed by atoms with Crippen LogP contribution in [0.1, 0.15) is 44.9 Å². The van der Waals surface area contributed by atoms with Gasteiger partial charge in [-0.3, -0.25) is 9.69 Å². The molecule has 4 rings (SSSR count). The summed E-state index contributed by atoms with van der Waals surface area (Å²) in [4.78, 5) is 19.1. The summed E-state index contributed by atoms with van der Waals surface area (Å²) in [5, 5.41) is 9.35. The van der Waals surface area contributed by atoms with Gasteiger partial charge in [0.05, 0.1) is 12.8 Å². The minimum absolute atomic E-state index is 0.145. The summed E-state index contributed by atoms with van der Waals surface area (Å²) in [6.07, 6.45) is 2.73. The molecule has 0 N–H and O–H groups in total. The van der Waals surface area contributed by atoms with E-state index >= 15 is 0 Å². The van der Waals surface area contributed by atoms with Crippen LogP contribution in [0, 0.1) is 0 Å². The summed E-state index contributed by atoms with van der Waals surface area (Å²) in [5.41, 5.74) is 2.80. The lowest BCUT2D eigenvalue weighted by Crippen LogP contribution is -2.36. The van der Waals surface area contributed by atoms with E-state index in [-0.39, 0.29) is 5.91 Å². The smallest absolute Gasteiger partial charge is 0.247 e. The van der Waals surface area contributed by atoms with Crippen molar-refractivity contribution in [3.8, 4) is 22.9 Å². The van der Waals surface area contributed by atoms with E-state index in [1.165, 1.54) is 13.3 Å². The van der Waals surface area contributed by atoms with Gasteiger partial charge in [0.25, 0.3) is 0 Å². The zero-order valence-electron chi connectivity index (χ0n) is 18.4. The van der Waals surface area contributed by atoms with Gasteiger partial charge < -0.3 is 9.47 Å². The topological polar surface area (TPSA) is 77.4 Å². The Kier molecular flexibility index (Phi) is 6.90. The molecule has 0 aliphatic carbocycles. The van der Waals surface area contributed by atoms with Gasteiger partial charge in [-0.1, -0.05) is 49.7 Å². The van der Waals surface area contributed by atoms with Crippen LogP contribution in [-0.4, -0.2) is 34.0 Å². The Bertz CT molecular complexity index is 1090. The Morgan fingerprint density at radius 2 is 1.91 bits per heavy atom. The van der Waals surface area contributed by atoms with Gasteiger partial charge in [-0.15, -0.1) is 10.2 Å². The van der Waals surface area contributed by atoms with E-state index in [9.17, 15) is 4.79 Å². The van der Waals surface area contributed by atoms with Gasteiger partial charge in [-0.25, -0.2) is 0 Å². The van der Waals surface area contributed by atoms with E-state index in [4.69, 9.17) is 9.47 Å². The van der Waals surface area contributed by atoms with Crippen molar-refractivity contribution in [2.45, 2.75) is 44.5 Å². The molecule has 1 aliphatic heterocycles. The standard InChI is InChI=1S/C24H26N4O3S/c1-4-5-8-15-32-24-25-22-21(26-27-24)19-9-6-7-10-20(19)28(16(2)29)23(31-22)17-11-13-18(30-3)14-12-17/h6-7,9-14,23H,4-5,8,15H2,1-3H3/t23-/m0/s1. The Morgan fingerprint density at radius 1 is 1.12 bits per heavy atom. The van der Waals surface area contributed by atoms with Crippen molar-refractivity contribution in [3.05, 3.63) is 54.1 Å². The number of thioether (sulfide) groups is 1. The van der Waals surface area contributed by atoms with Gasteiger partial charge in [0, 0.05) is 23.8 Å². The van der Waals surface area contributed by atoms with Crippen LogP contribution < -0.4 is 14.4 Å². The summed E-state index contributed by atoms with van der Waals surface area (Å²) in [5.74, 6) is 1.88. The summed E-state index contributed by atoms with van der Waals surface area (Å²) >= 11 is 1.57. The number of benzene rings is 2. The summed E-state index contributed by atoms with van der Waals surface area (Å²) in [6, 6.07) is 15.1. The zero-order chi connectivity index (χ0) is 22.5. The number of para-hydroxylation sites is 1. The molecule has 3 aromatic rings. The molecule has 7 nitrogen and oxygen atoms in total. The molecule has 1 atom stereocenters. The predicted molar refractivity (Wildman–Crippen MR) is 125 cm³/mol. The first-order chi connectivity index (χ1) is 15.6. The molecule has 2 heterocycles. The number of unbranched alkanes of at least 4 members (excludes halogenated alkanes) is 2. The average molecular weight is 451 g/mol. The third kappa shape index (κ3) is 4.55. The van der Waals surface area contributed by atoms with Crippen LogP contribution in [-0.2, 0) is 4.79 Å². The van der Waals surface area contributed by atoms with Crippen LogP contribution in [0.2, 0.25) is 0 Å². The van der Waals surface area contributed by atoms with Crippen LogP contribution >= 0.6 is 11.8 Å². The molecule has 0 unspecified atom stereocenters. The second-order valence-electron chi connectivity index (χ2n) is 7.45. The summed E-state index contributed by atoms with van der Waals surface area (Å²) in [7, 11) is 1.62. The molecule has 0 fully saturated rings. The highest BCUT2D eigenvalue weighted by Crippen LogP contribution is 2.43. The van der Waals surface area contributed by atoms with E-state index in [0.717, 1.165) is 35.5 Å². The lowest BCUT2D eigenvalue weighted by molar-refractivity contribution is -0.118. The fraction of sp³-hybridized carbons (Fsp3) is 0.333. The van der Waals surface area contributed by atoms with E-state index < -0.39 is 6.23 Å². The minimum atomic E-state index is -0.699. The highest BCUT2D eigenvalue weighted by molar-refractivity contribution is 7.99. The SMILES string of the molecule is CCCCCSc1nnc2c(n1)O[C@@H](c1ccc(OC)cc1)N(C(C)=O)c1ccccc1-2. The molecule has 1 aromatic heterocycles. The maximum Gasteiger partial charge on any atom is 0.247 e. The van der Waals surface area contributed by atoms with Gasteiger partial charge >= 0.3 is 0 Å². The van der Waals surface area contributed by atoms with Crippen molar-refractivity contribution in [1.29, 1.82) is 0 Å². The van der Waals surface area contributed by atoms with Crippen molar-refractivity contribution in [2.24, 2.45) is 0 Å². The Morgan fingerprint density at radius 3 is 2.62 bits per heavy atom. The highest BCUT2D eigenvalue weighted by Gasteiger charge is 2.34. The maximum atomic E-state index is 12.8. The summed E-state index contributed by atoms with van der Waals surface area (Å²) in [6.45, 7) is 3.71. The van der Waals surface area contributed by atoms with Gasteiger partial charge in [0.1, 0.15) is 5.75 Å². The lowest BCUT2D eigenvalue weighted by atomic mass is 10.1. The largest absolute Gasteiger partial charge is 0.497 e. The maximum absolute atomic E-state index is 12.8. The number of methoxy groups -OCH3 is 1. The van der Waals surface area contributed by atoms with Crippen molar-refractivity contribution in [3.63, 3.8) is 0 Å². The van der Waals surface area contributed by atoms with Crippen LogP contribution in [0.25, 0.3) is 11.3 Å². The molecule has 0 spiro atoms. The number of ether oxygens (including phenoxy) is 2. The number of hydrogen-bond donors (Lipinski definition) is 0. The van der Waals surface area contributed by atoms with E-state index in [1.807, 2.05) is 48.5 Å². The third-order valence-corrected chi connectivity index (χ3v) is 6.15. The van der Waals surface area contributed by atoms with Crippen LogP contribution in [0.3, 0.4) is 0 Å². The normalized spacial score (nSPS) is 14.7. The van der Waals surface area contributed by atoms with Crippen molar-refractivity contribution in [1.82, 2.24) is 15.2 Å². The second-order valence-corrected chi connectivity index (χ2v) is 8.52. The number of fused-ring (bicyclic) bond motifs is 3. The molecule has 1 amide bonds. The number of rotatable bonds is 7. The Labute approximate surface area is 192 Å². The third-order valence-electron chi connectivity index (χ3n) is 5.23. The predicted octanol–water partition coefficient (Wildman–Crippen LogP) is 5.27. The average Bonchev–Trinajstić information content (AvgIpc) is 2.96. The zero-order valence-corrected chi connectivity index (χ0v) is 19.3. The molecule has 0 bridgehead atoms. The van der Waals surface area contributed by atoms with Crippen molar-refractivity contribution in [2.75, 3.05) is 17.8 Å². The highest BCUT2D eigenvalue weighted by atomic mass is 32.2.